The number of piperazine rings is 1. The molecule has 0 radical (unpaired) electrons. The van der Waals surface area contributed by atoms with Crippen molar-refractivity contribution in [1.82, 2.24) is 10.2 Å². The van der Waals surface area contributed by atoms with Crippen LogP contribution in [0.3, 0.4) is 0 Å². The average molecular weight is 276 g/mol. The molecule has 0 aromatic heterocycles. The molecule has 1 N–H and O–H groups in total. The van der Waals surface area contributed by atoms with E-state index in [9.17, 15) is 9.59 Å². The molecule has 1 aliphatic heterocycles. The summed E-state index contributed by atoms with van der Waals surface area (Å²) >= 11 is 0. The highest BCUT2D eigenvalue weighted by molar-refractivity contribution is 5.89. The maximum absolute atomic E-state index is 11.9. The molecule has 1 heterocycles. The molecule has 1 aromatic carbocycles. The Morgan fingerprint density at radius 1 is 1.35 bits per heavy atom. The number of amides is 1. The van der Waals surface area contributed by atoms with E-state index in [0.29, 0.717) is 18.7 Å². The molecular weight excluding hydrogens is 256 g/mol. The Kier molecular flexibility index (Phi) is 4.09. The molecule has 5 heteroatoms. The predicted octanol–water partition coefficient (Wildman–Crippen LogP) is 1.18. The lowest BCUT2D eigenvalue weighted by Crippen LogP contribution is -2.61. The van der Waals surface area contributed by atoms with Gasteiger partial charge in [0.2, 0.25) is 5.91 Å². The Bertz CT molecular complexity index is 508. The summed E-state index contributed by atoms with van der Waals surface area (Å²) in [7, 11) is 1.37. The minimum Gasteiger partial charge on any atom is -0.465 e. The number of benzene rings is 1. The van der Waals surface area contributed by atoms with Crippen molar-refractivity contribution in [3.8, 4) is 0 Å². The lowest BCUT2D eigenvalue weighted by Gasteiger charge is -2.41. The molecule has 1 saturated heterocycles. The van der Waals surface area contributed by atoms with Gasteiger partial charge in [0.05, 0.1) is 18.2 Å². The molecule has 20 heavy (non-hydrogen) atoms. The highest BCUT2D eigenvalue weighted by atomic mass is 16.5. The quantitative estimate of drug-likeness (QED) is 0.842. The fourth-order valence-corrected chi connectivity index (χ4v) is 2.30. The third kappa shape index (κ3) is 2.82. The molecule has 0 bridgehead atoms. The van der Waals surface area contributed by atoms with Gasteiger partial charge in [0.1, 0.15) is 0 Å². The van der Waals surface area contributed by atoms with Gasteiger partial charge in [0, 0.05) is 19.6 Å². The number of hydrogen-bond acceptors (Lipinski definition) is 4. The maximum Gasteiger partial charge on any atom is 0.337 e. The van der Waals surface area contributed by atoms with Crippen molar-refractivity contribution in [2.45, 2.75) is 25.9 Å². The van der Waals surface area contributed by atoms with Gasteiger partial charge in [-0.2, -0.15) is 0 Å². The van der Waals surface area contributed by atoms with E-state index in [1.165, 1.54) is 7.11 Å². The smallest absolute Gasteiger partial charge is 0.337 e. The van der Waals surface area contributed by atoms with E-state index in [-0.39, 0.29) is 11.9 Å². The Hall–Kier alpha value is -1.88. The first-order chi connectivity index (χ1) is 9.45. The summed E-state index contributed by atoms with van der Waals surface area (Å²) < 4.78 is 4.67. The third-order valence-corrected chi connectivity index (χ3v) is 3.76. The normalized spacial score (nSPS) is 18.4. The van der Waals surface area contributed by atoms with Crippen LogP contribution in [0.15, 0.2) is 24.3 Å². The van der Waals surface area contributed by atoms with Gasteiger partial charge >= 0.3 is 5.97 Å². The molecule has 1 amide bonds. The summed E-state index contributed by atoms with van der Waals surface area (Å²) in [6, 6.07) is 7.29. The Labute approximate surface area is 118 Å². The van der Waals surface area contributed by atoms with E-state index in [4.69, 9.17) is 0 Å². The van der Waals surface area contributed by atoms with Gasteiger partial charge in [-0.15, -0.1) is 0 Å². The standard InChI is InChI=1S/C15H20N2O3/c1-15(2)14(19)16-8-9-17(15)10-11-4-6-12(7-5-11)13(18)20-3/h4-7H,8-10H2,1-3H3,(H,16,19). The summed E-state index contributed by atoms with van der Waals surface area (Å²) in [5, 5.41) is 2.88. The number of methoxy groups -OCH3 is 1. The number of nitrogens with zero attached hydrogens (tertiary/aromatic N) is 1. The van der Waals surface area contributed by atoms with Crippen molar-refractivity contribution in [2.24, 2.45) is 0 Å². The van der Waals surface area contributed by atoms with Crippen LogP contribution in [0.4, 0.5) is 0 Å². The van der Waals surface area contributed by atoms with Crippen molar-refractivity contribution in [3.05, 3.63) is 35.4 Å². The van der Waals surface area contributed by atoms with Crippen LogP contribution in [-0.4, -0.2) is 42.5 Å². The molecule has 0 spiro atoms. The first kappa shape index (κ1) is 14.5. The highest BCUT2D eigenvalue weighted by Gasteiger charge is 2.37. The zero-order valence-corrected chi connectivity index (χ0v) is 12.1. The molecule has 0 saturated carbocycles. The molecule has 1 aromatic rings. The van der Waals surface area contributed by atoms with Gasteiger partial charge in [-0.3, -0.25) is 9.69 Å². The van der Waals surface area contributed by atoms with E-state index in [2.05, 4.69) is 15.0 Å². The lowest BCUT2D eigenvalue weighted by molar-refractivity contribution is -0.135. The molecule has 1 aliphatic rings. The number of hydrogen-bond donors (Lipinski definition) is 1. The minimum absolute atomic E-state index is 0.0509. The molecule has 0 unspecified atom stereocenters. The second-order valence-corrected chi connectivity index (χ2v) is 5.42. The third-order valence-electron chi connectivity index (χ3n) is 3.76. The number of nitrogens with one attached hydrogen (secondary N) is 1. The molecular formula is C15H20N2O3. The van der Waals surface area contributed by atoms with Gasteiger partial charge in [-0.05, 0) is 31.5 Å². The van der Waals surface area contributed by atoms with E-state index in [1.54, 1.807) is 12.1 Å². The van der Waals surface area contributed by atoms with Crippen LogP contribution in [0.1, 0.15) is 29.8 Å². The minimum atomic E-state index is -0.515. The molecule has 108 valence electrons. The second kappa shape index (κ2) is 5.63. The monoisotopic (exact) mass is 276 g/mol. The molecule has 0 atom stereocenters. The summed E-state index contributed by atoms with van der Waals surface area (Å²) in [4.78, 5) is 25.4. The number of rotatable bonds is 3. The zero-order valence-electron chi connectivity index (χ0n) is 12.1. The van der Waals surface area contributed by atoms with Crippen LogP contribution in [-0.2, 0) is 16.1 Å². The average Bonchev–Trinajstić information content (AvgIpc) is 2.44. The van der Waals surface area contributed by atoms with E-state index >= 15 is 0 Å². The number of carbonyl (C=O) groups excluding carboxylic acids is 2. The largest absolute Gasteiger partial charge is 0.465 e. The topological polar surface area (TPSA) is 58.6 Å². The van der Waals surface area contributed by atoms with Crippen molar-refractivity contribution in [3.63, 3.8) is 0 Å². The van der Waals surface area contributed by atoms with Gasteiger partial charge in [0.25, 0.3) is 0 Å². The SMILES string of the molecule is COC(=O)c1ccc(CN2CCNC(=O)C2(C)C)cc1. The number of carbonyl (C=O) groups is 2. The van der Waals surface area contributed by atoms with Crippen molar-refractivity contribution >= 4 is 11.9 Å². The Morgan fingerprint density at radius 3 is 2.60 bits per heavy atom. The molecule has 1 fully saturated rings. The summed E-state index contributed by atoms with van der Waals surface area (Å²) in [6.45, 7) is 6.01. The number of esters is 1. The van der Waals surface area contributed by atoms with Crippen LogP contribution in [0, 0.1) is 0 Å². The predicted molar refractivity (Wildman–Crippen MR) is 75.3 cm³/mol. The van der Waals surface area contributed by atoms with Crippen molar-refractivity contribution in [1.29, 1.82) is 0 Å². The Balaban J connectivity index is 2.10. The van der Waals surface area contributed by atoms with Gasteiger partial charge in [-0.1, -0.05) is 12.1 Å². The van der Waals surface area contributed by atoms with E-state index in [0.717, 1.165) is 12.1 Å². The summed E-state index contributed by atoms with van der Waals surface area (Å²) in [5.74, 6) is -0.288. The van der Waals surface area contributed by atoms with Gasteiger partial charge < -0.3 is 10.1 Å². The fraction of sp³-hybridized carbons (Fsp3) is 0.467. The molecule has 0 aliphatic carbocycles. The van der Waals surface area contributed by atoms with Crippen LogP contribution in [0.2, 0.25) is 0 Å². The Morgan fingerprint density at radius 2 is 2.00 bits per heavy atom. The van der Waals surface area contributed by atoms with Crippen molar-refractivity contribution in [2.75, 3.05) is 20.2 Å². The zero-order chi connectivity index (χ0) is 14.8. The van der Waals surface area contributed by atoms with Crippen LogP contribution in [0.5, 0.6) is 0 Å². The second-order valence-electron chi connectivity index (χ2n) is 5.42. The first-order valence-corrected chi connectivity index (χ1v) is 6.66. The lowest BCUT2D eigenvalue weighted by atomic mass is 9.98. The van der Waals surface area contributed by atoms with E-state index < -0.39 is 5.54 Å². The maximum atomic E-state index is 11.9. The van der Waals surface area contributed by atoms with E-state index in [1.807, 2.05) is 26.0 Å². The fourth-order valence-electron chi connectivity index (χ4n) is 2.30. The van der Waals surface area contributed by atoms with Gasteiger partial charge in [0.15, 0.2) is 0 Å². The summed E-state index contributed by atoms with van der Waals surface area (Å²) in [6.07, 6.45) is 0. The van der Waals surface area contributed by atoms with Gasteiger partial charge in [-0.25, -0.2) is 4.79 Å². The molecule has 2 rings (SSSR count). The highest BCUT2D eigenvalue weighted by Crippen LogP contribution is 2.20. The summed E-state index contributed by atoms with van der Waals surface area (Å²) in [5.41, 5.74) is 1.09. The van der Waals surface area contributed by atoms with Crippen LogP contribution >= 0.6 is 0 Å². The van der Waals surface area contributed by atoms with Crippen LogP contribution < -0.4 is 5.32 Å². The molecule has 5 nitrogen and oxygen atoms in total. The first-order valence-electron chi connectivity index (χ1n) is 6.66. The number of ether oxygens (including phenoxy) is 1. The van der Waals surface area contributed by atoms with Crippen LogP contribution in [0.25, 0.3) is 0 Å². The van der Waals surface area contributed by atoms with Crippen molar-refractivity contribution < 1.29 is 14.3 Å².